The molecule has 1 unspecified atom stereocenters. The van der Waals surface area contributed by atoms with E-state index in [1.54, 1.807) is 6.92 Å². The third kappa shape index (κ3) is 6.57. The fourth-order valence-corrected chi connectivity index (χ4v) is 2.09. The van der Waals surface area contributed by atoms with Gasteiger partial charge in [0.1, 0.15) is 0 Å². The lowest BCUT2D eigenvalue weighted by molar-refractivity contribution is 0.0513. The van der Waals surface area contributed by atoms with Gasteiger partial charge in [-0.05, 0) is 33.1 Å². The Hall–Kier alpha value is -1.63. The largest absolute Gasteiger partial charge is 0.464 e. The molecule has 120 valence electrons. The van der Waals surface area contributed by atoms with Crippen LogP contribution in [0.1, 0.15) is 41.0 Å². The van der Waals surface area contributed by atoms with Crippen molar-refractivity contribution in [2.45, 2.75) is 46.6 Å². The summed E-state index contributed by atoms with van der Waals surface area (Å²) < 4.78 is 5.33. The number of anilines is 2. The van der Waals surface area contributed by atoms with E-state index in [2.05, 4.69) is 39.4 Å². The molecule has 0 spiro atoms. The van der Waals surface area contributed by atoms with E-state index in [0.717, 1.165) is 0 Å². The van der Waals surface area contributed by atoms with Gasteiger partial charge in [-0.1, -0.05) is 13.8 Å². The van der Waals surface area contributed by atoms with Crippen LogP contribution in [-0.2, 0) is 0 Å². The zero-order valence-corrected chi connectivity index (χ0v) is 13.6. The molecule has 0 amide bonds. The van der Waals surface area contributed by atoms with E-state index >= 15 is 0 Å². The van der Waals surface area contributed by atoms with Crippen LogP contribution in [0.3, 0.4) is 0 Å². The molecule has 1 heterocycles. The fraction of sp³-hybridized carbons (Fsp3) is 0.786. The van der Waals surface area contributed by atoms with Crippen LogP contribution in [0.5, 0.6) is 6.01 Å². The van der Waals surface area contributed by atoms with Crippen LogP contribution >= 0.6 is 0 Å². The summed E-state index contributed by atoms with van der Waals surface area (Å²) in [6.45, 7) is 11.4. The van der Waals surface area contributed by atoms with Crippen LogP contribution in [0.2, 0.25) is 0 Å². The number of aromatic nitrogens is 3. The first-order valence-electron chi connectivity index (χ1n) is 7.45. The molecule has 1 aromatic rings. The SMILES string of the molecule is CCNc1nc(NCC(C)(O)CC(C)C)nc(OCC)n1. The maximum Gasteiger partial charge on any atom is 0.323 e. The summed E-state index contributed by atoms with van der Waals surface area (Å²) in [7, 11) is 0. The summed E-state index contributed by atoms with van der Waals surface area (Å²) in [5.41, 5.74) is -0.815. The summed E-state index contributed by atoms with van der Waals surface area (Å²) >= 11 is 0. The van der Waals surface area contributed by atoms with E-state index in [0.29, 0.717) is 43.9 Å². The summed E-state index contributed by atoms with van der Waals surface area (Å²) in [5, 5.41) is 16.4. The first kappa shape index (κ1) is 17.4. The molecule has 0 saturated carbocycles. The minimum absolute atomic E-state index is 0.273. The van der Waals surface area contributed by atoms with E-state index in [9.17, 15) is 5.11 Å². The average Bonchev–Trinajstić information content (AvgIpc) is 2.36. The van der Waals surface area contributed by atoms with Crippen molar-refractivity contribution in [3.63, 3.8) is 0 Å². The molecular weight excluding hydrogens is 270 g/mol. The maximum absolute atomic E-state index is 10.3. The molecule has 7 nitrogen and oxygen atoms in total. The summed E-state index contributed by atoms with van der Waals surface area (Å²) in [5.74, 6) is 1.27. The van der Waals surface area contributed by atoms with Gasteiger partial charge < -0.3 is 20.5 Å². The molecule has 7 heteroatoms. The second-order valence-corrected chi connectivity index (χ2v) is 5.68. The van der Waals surface area contributed by atoms with Crippen LogP contribution in [-0.4, -0.2) is 45.4 Å². The lowest BCUT2D eigenvalue weighted by Gasteiger charge is -2.25. The molecule has 0 aromatic carbocycles. The van der Waals surface area contributed by atoms with Crippen LogP contribution < -0.4 is 15.4 Å². The van der Waals surface area contributed by atoms with Gasteiger partial charge in [0.25, 0.3) is 0 Å². The normalized spacial score (nSPS) is 13.9. The second-order valence-electron chi connectivity index (χ2n) is 5.68. The first-order valence-corrected chi connectivity index (χ1v) is 7.45. The van der Waals surface area contributed by atoms with Gasteiger partial charge in [0.15, 0.2) is 0 Å². The molecule has 3 N–H and O–H groups in total. The maximum atomic E-state index is 10.3. The number of hydrogen-bond donors (Lipinski definition) is 3. The van der Waals surface area contributed by atoms with Crippen molar-refractivity contribution in [2.24, 2.45) is 5.92 Å². The Morgan fingerprint density at radius 2 is 1.76 bits per heavy atom. The molecule has 0 saturated heterocycles. The van der Waals surface area contributed by atoms with Gasteiger partial charge in [-0.25, -0.2) is 0 Å². The van der Waals surface area contributed by atoms with Crippen molar-refractivity contribution in [1.82, 2.24) is 15.0 Å². The number of nitrogens with zero attached hydrogens (tertiary/aromatic N) is 3. The van der Waals surface area contributed by atoms with Crippen LogP contribution in [0.25, 0.3) is 0 Å². The summed E-state index contributed by atoms with van der Waals surface area (Å²) in [6.07, 6.45) is 0.698. The van der Waals surface area contributed by atoms with Crippen LogP contribution in [0.15, 0.2) is 0 Å². The minimum atomic E-state index is -0.815. The van der Waals surface area contributed by atoms with E-state index < -0.39 is 5.60 Å². The van der Waals surface area contributed by atoms with Crippen molar-refractivity contribution in [2.75, 3.05) is 30.3 Å². The standard InChI is InChI=1S/C14H27N5O2/c1-6-15-11-17-12(19-13(18-11)21-7-2)16-9-14(5,20)8-10(3)4/h10,20H,6-9H2,1-5H3,(H2,15,16,17,18,19). The molecule has 0 aliphatic heterocycles. The van der Waals surface area contributed by atoms with E-state index in [4.69, 9.17) is 4.74 Å². The lowest BCUT2D eigenvalue weighted by Crippen LogP contribution is -2.35. The first-order chi connectivity index (χ1) is 9.86. The number of aliphatic hydroxyl groups is 1. The minimum Gasteiger partial charge on any atom is -0.464 e. The van der Waals surface area contributed by atoms with Gasteiger partial charge in [0, 0.05) is 13.1 Å². The molecule has 21 heavy (non-hydrogen) atoms. The number of rotatable bonds is 9. The van der Waals surface area contributed by atoms with Gasteiger partial charge in [-0.15, -0.1) is 0 Å². The highest BCUT2D eigenvalue weighted by atomic mass is 16.5. The van der Waals surface area contributed by atoms with Crippen LogP contribution in [0, 0.1) is 5.92 Å². The highest BCUT2D eigenvalue weighted by Gasteiger charge is 2.22. The lowest BCUT2D eigenvalue weighted by atomic mass is 9.94. The van der Waals surface area contributed by atoms with Crippen molar-refractivity contribution in [3.8, 4) is 6.01 Å². The molecule has 0 radical (unpaired) electrons. The highest BCUT2D eigenvalue weighted by Crippen LogP contribution is 2.17. The Labute approximate surface area is 126 Å². The summed E-state index contributed by atoms with van der Waals surface area (Å²) in [6, 6.07) is 0.273. The predicted octanol–water partition coefficient (Wildman–Crippen LogP) is 1.91. The van der Waals surface area contributed by atoms with Crippen molar-refractivity contribution >= 4 is 11.9 Å². The molecular formula is C14H27N5O2. The van der Waals surface area contributed by atoms with Gasteiger partial charge in [-0.2, -0.15) is 15.0 Å². The van der Waals surface area contributed by atoms with E-state index in [-0.39, 0.29) is 6.01 Å². The monoisotopic (exact) mass is 297 g/mol. The zero-order chi connectivity index (χ0) is 15.9. The Bertz CT molecular complexity index is 413. The van der Waals surface area contributed by atoms with Crippen LogP contribution in [0.4, 0.5) is 11.9 Å². The Kier molecular flexibility index (Phi) is 6.61. The van der Waals surface area contributed by atoms with Gasteiger partial charge in [-0.3, -0.25) is 0 Å². The molecule has 0 aliphatic rings. The third-order valence-corrected chi connectivity index (χ3v) is 2.70. The fourth-order valence-electron chi connectivity index (χ4n) is 2.09. The highest BCUT2D eigenvalue weighted by molar-refractivity contribution is 5.36. The number of nitrogens with one attached hydrogen (secondary N) is 2. The molecule has 1 aromatic heterocycles. The topological polar surface area (TPSA) is 92.2 Å². The second kappa shape index (κ2) is 7.97. The quantitative estimate of drug-likeness (QED) is 0.641. The smallest absolute Gasteiger partial charge is 0.323 e. The van der Waals surface area contributed by atoms with Gasteiger partial charge in [0.05, 0.1) is 12.2 Å². The van der Waals surface area contributed by atoms with Gasteiger partial charge >= 0.3 is 6.01 Å². The molecule has 0 fully saturated rings. The van der Waals surface area contributed by atoms with Crippen molar-refractivity contribution in [3.05, 3.63) is 0 Å². The van der Waals surface area contributed by atoms with Crippen molar-refractivity contribution < 1.29 is 9.84 Å². The Balaban J connectivity index is 2.76. The summed E-state index contributed by atoms with van der Waals surface area (Å²) in [4.78, 5) is 12.6. The Morgan fingerprint density at radius 1 is 1.14 bits per heavy atom. The average molecular weight is 297 g/mol. The number of hydrogen-bond acceptors (Lipinski definition) is 7. The van der Waals surface area contributed by atoms with E-state index in [1.165, 1.54) is 0 Å². The van der Waals surface area contributed by atoms with Crippen molar-refractivity contribution in [1.29, 1.82) is 0 Å². The third-order valence-electron chi connectivity index (χ3n) is 2.70. The molecule has 1 atom stereocenters. The van der Waals surface area contributed by atoms with Gasteiger partial charge in [0.2, 0.25) is 11.9 Å². The predicted molar refractivity (Wildman–Crippen MR) is 83.7 cm³/mol. The molecule has 0 bridgehead atoms. The molecule has 1 rings (SSSR count). The number of ether oxygens (including phenoxy) is 1. The molecule has 0 aliphatic carbocycles. The zero-order valence-electron chi connectivity index (χ0n) is 13.6. The Morgan fingerprint density at radius 3 is 2.29 bits per heavy atom. The van der Waals surface area contributed by atoms with E-state index in [1.807, 2.05) is 13.8 Å².